The summed E-state index contributed by atoms with van der Waals surface area (Å²) in [5, 5.41) is 6.35. The van der Waals surface area contributed by atoms with Crippen molar-refractivity contribution in [1.29, 1.82) is 0 Å². The number of hydrogen-bond acceptors (Lipinski definition) is 4. The molecule has 0 spiro atoms. The van der Waals surface area contributed by atoms with Gasteiger partial charge in [-0.05, 0) is 43.3 Å². The van der Waals surface area contributed by atoms with E-state index in [2.05, 4.69) is 15.6 Å². The van der Waals surface area contributed by atoms with Crippen LogP contribution in [0.5, 0.6) is 5.75 Å². The minimum absolute atomic E-state index is 0. The average Bonchev–Trinajstić information content (AvgIpc) is 3.18. The van der Waals surface area contributed by atoms with Crippen LogP contribution in [0.15, 0.2) is 52.1 Å². The maximum Gasteiger partial charge on any atom is 0.243 e. The monoisotopic (exact) mass is 518 g/mol. The molecule has 2 rings (SSSR count). The zero-order chi connectivity index (χ0) is 20.4. The van der Waals surface area contributed by atoms with Crippen molar-refractivity contribution in [2.24, 2.45) is 4.99 Å². The molecule has 0 aliphatic carbocycles. The van der Waals surface area contributed by atoms with E-state index in [-0.39, 0.29) is 48.3 Å². The molecule has 0 bridgehead atoms. The van der Waals surface area contributed by atoms with E-state index in [9.17, 15) is 9.18 Å². The molecule has 2 aromatic rings. The molecule has 160 valence electrons. The molecule has 1 unspecified atom stereocenters. The van der Waals surface area contributed by atoms with Gasteiger partial charge in [-0.1, -0.05) is 0 Å². The van der Waals surface area contributed by atoms with E-state index in [1.807, 2.05) is 19.1 Å². The van der Waals surface area contributed by atoms with Gasteiger partial charge in [-0.2, -0.15) is 0 Å². The van der Waals surface area contributed by atoms with E-state index in [1.165, 1.54) is 17.0 Å². The fourth-order valence-corrected chi connectivity index (χ4v) is 2.25. The molecule has 9 heteroatoms. The molecule has 2 N–H and O–H groups in total. The normalized spacial score (nSPS) is 11.9. The minimum atomic E-state index is -0.307. The van der Waals surface area contributed by atoms with Crippen molar-refractivity contribution in [3.63, 3.8) is 0 Å². The molecule has 0 saturated carbocycles. The van der Waals surface area contributed by atoms with Crippen molar-refractivity contribution in [1.82, 2.24) is 15.5 Å². The maximum absolute atomic E-state index is 13.0. The van der Waals surface area contributed by atoms with Gasteiger partial charge in [0.05, 0.1) is 12.8 Å². The second-order valence-electron chi connectivity index (χ2n) is 6.47. The molecule has 0 saturated heterocycles. The van der Waals surface area contributed by atoms with Gasteiger partial charge in [0, 0.05) is 27.1 Å². The highest BCUT2D eigenvalue weighted by Crippen LogP contribution is 2.12. The van der Waals surface area contributed by atoms with Gasteiger partial charge in [0.25, 0.3) is 0 Å². The predicted octanol–water partition coefficient (Wildman–Crippen LogP) is 2.67. The number of halogens is 2. The average molecular weight is 518 g/mol. The fourth-order valence-electron chi connectivity index (χ4n) is 2.25. The van der Waals surface area contributed by atoms with Crippen molar-refractivity contribution in [3.8, 4) is 5.75 Å². The van der Waals surface area contributed by atoms with E-state index in [4.69, 9.17) is 9.15 Å². The summed E-state index contributed by atoms with van der Waals surface area (Å²) < 4.78 is 24.0. The Balaban J connectivity index is 0.00000420. The number of amides is 1. The quantitative estimate of drug-likeness (QED) is 0.303. The lowest BCUT2D eigenvalue weighted by molar-refractivity contribution is -0.127. The lowest BCUT2D eigenvalue weighted by atomic mass is 10.3. The lowest BCUT2D eigenvalue weighted by Gasteiger charge is -2.18. The van der Waals surface area contributed by atoms with E-state index >= 15 is 0 Å². The number of aliphatic imine (C=N–C) groups is 1. The van der Waals surface area contributed by atoms with Gasteiger partial charge in [0.2, 0.25) is 5.91 Å². The lowest BCUT2D eigenvalue weighted by Crippen LogP contribution is -2.43. The number of carbonyl (C=O) groups is 1. The van der Waals surface area contributed by atoms with Crippen LogP contribution in [0.25, 0.3) is 0 Å². The molecular weight excluding hydrogens is 490 g/mol. The van der Waals surface area contributed by atoms with Gasteiger partial charge < -0.3 is 24.7 Å². The Morgan fingerprint density at radius 1 is 1.24 bits per heavy atom. The second-order valence-corrected chi connectivity index (χ2v) is 6.47. The Bertz CT molecular complexity index is 752. The van der Waals surface area contributed by atoms with E-state index in [0.717, 1.165) is 5.76 Å². The first-order valence-corrected chi connectivity index (χ1v) is 9.11. The number of benzene rings is 1. The number of nitrogens with zero attached hydrogens (tertiary/aromatic N) is 2. The summed E-state index contributed by atoms with van der Waals surface area (Å²) in [6.07, 6.45) is 2.14. The van der Waals surface area contributed by atoms with Crippen molar-refractivity contribution >= 4 is 35.8 Å². The van der Waals surface area contributed by atoms with Gasteiger partial charge in [-0.15, -0.1) is 24.0 Å². The molecule has 0 aliphatic rings. The summed E-state index contributed by atoms with van der Waals surface area (Å²) in [6.45, 7) is 2.99. The van der Waals surface area contributed by atoms with Gasteiger partial charge in [-0.25, -0.2) is 9.38 Å². The molecule has 1 atom stereocenters. The molecule has 0 radical (unpaired) electrons. The Kier molecular flexibility index (Phi) is 11.1. The highest BCUT2D eigenvalue weighted by molar-refractivity contribution is 14.0. The zero-order valence-corrected chi connectivity index (χ0v) is 19.2. The van der Waals surface area contributed by atoms with Crippen LogP contribution in [0.2, 0.25) is 0 Å². The first-order chi connectivity index (χ1) is 13.4. The molecular formula is C20H28FIN4O3. The van der Waals surface area contributed by atoms with Crippen LogP contribution in [0.4, 0.5) is 4.39 Å². The van der Waals surface area contributed by atoms with Crippen LogP contribution in [-0.2, 0) is 11.2 Å². The Labute approximate surface area is 187 Å². The summed E-state index contributed by atoms with van der Waals surface area (Å²) in [5.41, 5.74) is 0. The second kappa shape index (κ2) is 13.0. The van der Waals surface area contributed by atoms with Gasteiger partial charge in [0.15, 0.2) is 5.96 Å². The summed E-state index contributed by atoms with van der Waals surface area (Å²) in [4.78, 5) is 17.6. The third-order valence-corrected chi connectivity index (χ3v) is 3.82. The molecule has 1 aromatic carbocycles. The summed E-state index contributed by atoms with van der Waals surface area (Å²) in [5.74, 6) is 1.56. The molecule has 1 aromatic heterocycles. The molecule has 0 aliphatic heterocycles. The smallest absolute Gasteiger partial charge is 0.243 e. The first kappa shape index (κ1) is 24.7. The molecule has 1 heterocycles. The van der Waals surface area contributed by atoms with Crippen molar-refractivity contribution in [2.45, 2.75) is 19.4 Å². The zero-order valence-electron chi connectivity index (χ0n) is 16.9. The number of likely N-dealkylation sites (N-methyl/N-ethyl adjacent to an activating group) is 1. The predicted molar refractivity (Wildman–Crippen MR) is 121 cm³/mol. The standard InChI is InChI=1S/C20H27FN4O3.HI/c1-15(28-18-8-6-16(21)7-9-18)13-23-20(24-14-19(26)25(2)3)22-11-10-17-5-4-12-27-17;/h4-9,12,15H,10-11,13-14H2,1-3H3,(H2,22,23,24);1H. The molecule has 0 fully saturated rings. The van der Waals surface area contributed by atoms with Crippen LogP contribution in [-0.4, -0.2) is 56.6 Å². The van der Waals surface area contributed by atoms with Gasteiger partial charge in [-0.3, -0.25) is 4.79 Å². The minimum Gasteiger partial charge on any atom is -0.489 e. The van der Waals surface area contributed by atoms with Crippen molar-refractivity contribution in [2.75, 3.05) is 33.7 Å². The van der Waals surface area contributed by atoms with Crippen LogP contribution in [0.1, 0.15) is 12.7 Å². The maximum atomic E-state index is 13.0. The van der Waals surface area contributed by atoms with Crippen LogP contribution in [0.3, 0.4) is 0 Å². The van der Waals surface area contributed by atoms with Crippen LogP contribution >= 0.6 is 24.0 Å². The molecule has 1 amide bonds. The van der Waals surface area contributed by atoms with E-state index in [1.54, 1.807) is 32.5 Å². The third-order valence-electron chi connectivity index (χ3n) is 3.82. The van der Waals surface area contributed by atoms with Crippen LogP contribution < -0.4 is 15.4 Å². The molecule has 7 nitrogen and oxygen atoms in total. The first-order valence-electron chi connectivity index (χ1n) is 9.11. The van der Waals surface area contributed by atoms with E-state index in [0.29, 0.717) is 31.2 Å². The van der Waals surface area contributed by atoms with Crippen molar-refractivity contribution in [3.05, 3.63) is 54.2 Å². The molecule has 29 heavy (non-hydrogen) atoms. The highest BCUT2D eigenvalue weighted by atomic mass is 127. The number of carbonyl (C=O) groups excluding carboxylic acids is 1. The summed E-state index contributed by atoms with van der Waals surface area (Å²) >= 11 is 0. The SMILES string of the molecule is CC(CNC(=NCC(=O)N(C)C)NCCc1ccco1)Oc1ccc(F)cc1.I. The number of ether oxygens (including phenoxy) is 1. The number of hydrogen-bond donors (Lipinski definition) is 2. The van der Waals surface area contributed by atoms with Crippen LogP contribution in [0, 0.1) is 5.82 Å². The number of guanidine groups is 1. The van der Waals surface area contributed by atoms with Crippen molar-refractivity contribution < 1.29 is 18.3 Å². The highest BCUT2D eigenvalue weighted by Gasteiger charge is 2.08. The number of nitrogens with one attached hydrogen (secondary N) is 2. The van der Waals surface area contributed by atoms with Gasteiger partial charge in [0.1, 0.15) is 30.0 Å². The summed E-state index contributed by atoms with van der Waals surface area (Å²) in [6, 6.07) is 9.61. The van der Waals surface area contributed by atoms with E-state index < -0.39 is 0 Å². The Hall–Kier alpha value is -2.30. The van der Waals surface area contributed by atoms with Gasteiger partial charge >= 0.3 is 0 Å². The largest absolute Gasteiger partial charge is 0.489 e. The number of rotatable bonds is 9. The Morgan fingerprint density at radius 2 is 1.97 bits per heavy atom. The number of furan rings is 1. The third kappa shape index (κ3) is 9.64. The summed E-state index contributed by atoms with van der Waals surface area (Å²) in [7, 11) is 3.38. The fraction of sp³-hybridized carbons (Fsp3) is 0.400. The Morgan fingerprint density at radius 3 is 2.59 bits per heavy atom. The topological polar surface area (TPSA) is 79.1 Å².